The van der Waals surface area contributed by atoms with E-state index in [1.54, 1.807) is 17.1 Å². The van der Waals surface area contributed by atoms with Crippen molar-refractivity contribution in [2.24, 2.45) is 21.8 Å². The van der Waals surface area contributed by atoms with Gasteiger partial charge in [0, 0.05) is 17.7 Å². The van der Waals surface area contributed by atoms with Gasteiger partial charge in [-0.3, -0.25) is 0 Å². The molecule has 1 aromatic rings. The largest absolute Gasteiger partial charge is 0.338 e. The summed E-state index contributed by atoms with van der Waals surface area (Å²) in [6, 6.07) is 6.81. The van der Waals surface area contributed by atoms with Gasteiger partial charge >= 0.3 is 6.03 Å². The van der Waals surface area contributed by atoms with Gasteiger partial charge < -0.3 is 5.32 Å². The Kier molecular flexibility index (Phi) is 5.20. The van der Waals surface area contributed by atoms with Crippen LogP contribution in [0.15, 0.2) is 29.4 Å². The molecule has 5 heteroatoms. The highest BCUT2D eigenvalue weighted by molar-refractivity contribution is 5.94. The number of amides is 2. The monoisotopic (exact) mass is 399 g/mol. The summed E-state index contributed by atoms with van der Waals surface area (Å²) in [6.07, 6.45) is 6.43. The number of carbonyl (C=O) groups is 1. The molecule has 4 atom stereocenters. The second-order valence-electron chi connectivity index (χ2n) is 10.00. The highest BCUT2D eigenvalue weighted by Crippen LogP contribution is 2.65. The van der Waals surface area contributed by atoms with Crippen LogP contribution in [0.25, 0.3) is 0 Å². The van der Waals surface area contributed by atoms with Crippen molar-refractivity contribution >= 4 is 11.7 Å². The molecule has 1 heterocycles. The van der Waals surface area contributed by atoms with Crippen molar-refractivity contribution in [2.75, 3.05) is 6.54 Å². The molecule has 4 rings (SSSR count). The molecule has 2 aliphatic carbocycles. The van der Waals surface area contributed by atoms with Crippen LogP contribution in [0.5, 0.6) is 0 Å². The predicted molar refractivity (Wildman–Crippen MR) is 114 cm³/mol. The molecule has 0 aromatic heterocycles. The first-order valence-electron chi connectivity index (χ1n) is 11.2. The Labute approximate surface area is 173 Å². The maximum Gasteiger partial charge on any atom is 0.338 e. The zero-order valence-corrected chi connectivity index (χ0v) is 18.2. The summed E-state index contributed by atoms with van der Waals surface area (Å²) in [5, 5.41) is 9.59. The van der Waals surface area contributed by atoms with Crippen molar-refractivity contribution in [3.8, 4) is 0 Å². The van der Waals surface area contributed by atoms with E-state index in [-0.39, 0.29) is 34.6 Å². The van der Waals surface area contributed by atoms with E-state index in [9.17, 15) is 9.18 Å². The first-order chi connectivity index (χ1) is 13.8. The van der Waals surface area contributed by atoms with Crippen LogP contribution < -0.4 is 5.32 Å². The van der Waals surface area contributed by atoms with Gasteiger partial charge in [0.05, 0.1) is 6.54 Å². The minimum Gasteiger partial charge on any atom is -0.333 e. The number of unbranched alkanes of at least 4 members (excludes halogenated alkanes) is 1. The van der Waals surface area contributed by atoms with E-state index >= 15 is 0 Å². The van der Waals surface area contributed by atoms with Crippen LogP contribution in [0.1, 0.15) is 77.7 Å². The Morgan fingerprint density at radius 1 is 1.34 bits per heavy atom. The van der Waals surface area contributed by atoms with E-state index in [0.717, 1.165) is 37.0 Å². The standard InChI is InChI=1S/C24H34FN3O/c1-5-6-10-20-19(16-8-7-9-18(25)13-16)15-28(27-20)22(29)26-21-14-17-11-12-24(21,4)23(17,2)3/h7-9,13,17,19,21H,5-6,10-12,14-15H2,1-4H3,(H,26,29)/t17-,19-,21-,24-/m0/s1. The van der Waals surface area contributed by atoms with Crippen molar-refractivity contribution < 1.29 is 9.18 Å². The van der Waals surface area contributed by atoms with Gasteiger partial charge in [-0.15, -0.1) is 0 Å². The van der Waals surface area contributed by atoms with Crippen molar-refractivity contribution in [3.05, 3.63) is 35.6 Å². The Morgan fingerprint density at radius 3 is 2.76 bits per heavy atom. The molecule has 2 fully saturated rings. The molecule has 2 bridgehead atoms. The van der Waals surface area contributed by atoms with Crippen molar-refractivity contribution in [3.63, 3.8) is 0 Å². The van der Waals surface area contributed by atoms with Gasteiger partial charge in [-0.2, -0.15) is 5.10 Å². The highest BCUT2D eigenvalue weighted by atomic mass is 19.1. The van der Waals surface area contributed by atoms with Crippen LogP contribution in [0, 0.1) is 22.6 Å². The van der Waals surface area contributed by atoms with Crippen LogP contribution >= 0.6 is 0 Å². The summed E-state index contributed by atoms with van der Waals surface area (Å²) in [6.45, 7) is 9.68. The molecule has 0 spiro atoms. The van der Waals surface area contributed by atoms with Gasteiger partial charge in [-0.05, 0) is 66.5 Å². The smallest absolute Gasteiger partial charge is 0.333 e. The maximum atomic E-state index is 13.8. The molecule has 2 saturated carbocycles. The number of nitrogens with zero attached hydrogens (tertiary/aromatic N) is 2. The summed E-state index contributed by atoms with van der Waals surface area (Å²) in [7, 11) is 0. The number of nitrogens with one attached hydrogen (secondary N) is 1. The second kappa shape index (κ2) is 7.41. The molecule has 158 valence electrons. The molecule has 1 aliphatic heterocycles. The Hall–Kier alpha value is -1.91. The molecule has 0 unspecified atom stereocenters. The highest BCUT2D eigenvalue weighted by Gasteiger charge is 2.61. The van der Waals surface area contributed by atoms with Gasteiger partial charge in [0.15, 0.2) is 0 Å². The predicted octanol–water partition coefficient (Wildman–Crippen LogP) is 5.70. The number of rotatable bonds is 5. The van der Waals surface area contributed by atoms with Crippen LogP contribution in [0.4, 0.5) is 9.18 Å². The lowest BCUT2D eigenvalue weighted by Gasteiger charge is -2.39. The lowest BCUT2D eigenvalue weighted by Crippen LogP contribution is -2.50. The van der Waals surface area contributed by atoms with Crippen molar-refractivity contribution in [2.45, 2.75) is 78.2 Å². The molecule has 0 radical (unpaired) electrons. The fourth-order valence-corrected chi connectivity index (χ4v) is 5.92. The lowest BCUT2D eigenvalue weighted by molar-refractivity contribution is 0.118. The molecule has 0 saturated heterocycles. The van der Waals surface area contributed by atoms with Gasteiger partial charge in [0.25, 0.3) is 0 Å². The molecule has 3 aliphatic rings. The normalized spacial score (nSPS) is 32.5. The summed E-state index contributed by atoms with van der Waals surface area (Å²) in [5.41, 5.74) is 2.30. The summed E-state index contributed by atoms with van der Waals surface area (Å²) >= 11 is 0. The van der Waals surface area contributed by atoms with E-state index in [1.165, 1.54) is 18.9 Å². The quantitative estimate of drug-likeness (QED) is 0.679. The third-order valence-corrected chi connectivity index (χ3v) is 8.37. The maximum absolute atomic E-state index is 13.8. The van der Waals surface area contributed by atoms with E-state index in [1.807, 2.05) is 6.07 Å². The number of halogens is 1. The second-order valence-corrected chi connectivity index (χ2v) is 10.00. The van der Waals surface area contributed by atoms with E-state index < -0.39 is 0 Å². The van der Waals surface area contributed by atoms with Crippen LogP contribution in [0.3, 0.4) is 0 Å². The number of benzene rings is 1. The average molecular weight is 400 g/mol. The van der Waals surface area contributed by atoms with E-state index in [0.29, 0.717) is 12.5 Å². The summed E-state index contributed by atoms with van der Waals surface area (Å²) < 4.78 is 13.8. The topological polar surface area (TPSA) is 44.7 Å². The van der Waals surface area contributed by atoms with Crippen LogP contribution in [-0.2, 0) is 0 Å². The molecule has 2 amide bonds. The number of fused-ring (bicyclic) bond motifs is 2. The third-order valence-electron chi connectivity index (χ3n) is 8.37. The Balaban J connectivity index is 1.50. The SMILES string of the molecule is CCCCC1=NN(C(=O)N[C@H]2C[C@@H]3CC[C@]2(C)C3(C)C)C[C@H]1c1cccc(F)c1. The molecular weight excluding hydrogens is 365 g/mol. The fraction of sp³-hybridized carbons (Fsp3) is 0.667. The first kappa shape index (κ1) is 20.4. The molecule has 1 aromatic carbocycles. The van der Waals surface area contributed by atoms with E-state index in [4.69, 9.17) is 5.10 Å². The van der Waals surface area contributed by atoms with Gasteiger partial charge in [-0.1, -0.05) is 46.2 Å². The Morgan fingerprint density at radius 2 is 2.14 bits per heavy atom. The number of urea groups is 1. The van der Waals surface area contributed by atoms with Gasteiger partial charge in [0.1, 0.15) is 5.82 Å². The average Bonchev–Trinajstić information content (AvgIpc) is 3.26. The third kappa shape index (κ3) is 3.36. The van der Waals surface area contributed by atoms with Gasteiger partial charge in [0.2, 0.25) is 0 Å². The zero-order chi connectivity index (χ0) is 20.8. The number of hydrogen-bond acceptors (Lipinski definition) is 2. The minimum absolute atomic E-state index is 0.0185. The fourth-order valence-electron chi connectivity index (χ4n) is 5.92. The van der Waals surface area contributed by atoms with Crippen LogP contribution in [-0.4, -0.2) is 29.3 Å². The van der Waals surface area contributed by atoms with Crippen molar-refractivity contribution in [1.29, 1.82) is 0 Å². The number of hydrogen-bond donors (Lipinski definition) is 1. The summed E-state index contributed by atoms with van der Waals surface area (Å²) in [4.78, 5) is 13.1. The van der Waals surface area contributed by atoms with Crippen LogP contribution in [0.2, 0.25) is 0 Å². The lowest BCUT2D eigenvalue weighted by atomic mass is 9.69. The molecular formula is C24H34FN3O. The first-order valence-corrected chi connectivity index (χ1v) is 11.2. The van der Waals surface area contributed by atoms with Crippen molar-refractivity contribution in [1.82, 2.24) is 10.3 Å². The van der Waals surface area contributed by atoms with Gasteiger partial charge in [-0.25, -0.2) is 14.2 Å². The number of hydrazone groups is 1. The minimum atomic E-state index is -0.239. The molecule has 1 N–H and O–H groups in total. The Bertz CT molecular complexity index is 820. The molecule has 29 heavy (non-hydrogen) atoms. The van der Waals surface area contributed by atoms with E-state index in [2.05, 4.69) is 33.0 Å². The molecule has 4 nitrogen and oxygen atoms in total. The zero-order valence-electron chi connectivity index (χ0n) is 18.2. The number of carbonyl (C=O) groups excluding carboxylic acids is 1. The summed E-state index contributed by atoms with van der Waals surface area (Å²) in [5.74, 6) is 0.424.